The SMILES string of the molecule is O=C(/C=C\c1ccsc1)N[C@@H](c1ccccc1)c1cccs1. The Bertz CT molecular complexity index is 731. The van der Waals surface area contributed by atoms with E-state index in [1.807, 2.05) is 70.7 Å². The molecular formula is C18H15NOS2. The predicted octanol–water partition coefficient (Wildman–Crippen LogP) is 4.73. The molecule has 0 aliphatic carbocycles. The van der Waals surface area contributed by atoms with Crippen LogP contribution in [0, 0.1) is 0 Å². The molecule has 4 heteroatoms. The van der Waals surface area contributed by atoms with E-state index in [0.29, 0.717) is 0 Å². The monoisotopic (exact) mass is 325 g/mol. The number of rotatable bonds is 5. The van der Waals surface area contributed by atoms with Crippen molar-refractivity contribution < 1.29 is 4.79 Å². The average molecular weight is 325 g/mol. The summed E-state index contributed by atoms with van der Waals surface area (Å²) >= 11 is 3.27. The van der Waals surface area contributed by atoms with Crippen LogP contribution in [0.3, 0.4) is 0 Å². The molecule has 1 amide bonds. The van der Waals surface area contributed by atoms with Crippen LogP contribution in [0.25, 0.3) is 6.08 Å². The standard InChI is InChI=1S/C18H15NOS2/c20-17(9-8-14-10-12-21-13-14)19-18(16-7-4-11-22-16)15-5-2-1-3-6-15/h1-13,18H,(H,19,20)/b9-8-/t18-/m0/s1. The van der Waals surface area contributed by atoms with Crippen LogP contribution in [0.4, 0.5) is 0 Å². The topological polar surface area (TPSA) is 29.1 Å². The molecule has 0 spiro atoms. The smallest absolute Gasteiger partial charge is 0.244 e. The molecule has 0 saturated heterocycles. The molecule has 0 saturated carbocycles. The Morgan fingerprint density at radius 1 is 1.05 bits per heavy atom. The second kappa shape index (κ2) is 7.20. The van der Waals surface area contributed by atoms with E-state index >= 15 is 0 Å². The van der Waals surface area contributed by atoms with E-state index in [4.69, 9.17) is 0 Å². The van der Waals surface area contributed by atoms with E-state index < -0.39 is 0 Å². The Labute approximate surface area is 137 Å². The molecule has 0 unspecified atom stereocenters. The molecule has 3 rings (SSSR count). The summed E-state index contributed by atoms with van der Waals surface area (Å²) < 4.78 is 0. The van der Waals surface area contributed by atoms with Crippen LogP contribution in [0.1, 0.15) is 22.0 Å². The van der Waals surface area contributed by atoms with Crippen molar-refractivity contribution >= 4 is 34.7 Å². The van der Waals surface area contributed by atoms with Crippen LogP contribution in [-0.2, 0) is 4.79 Å². The predicted molar refractivity (Wildman–Crippen MR) is 94.1 cm³/mol. The molecule has 0 aliphatic heterocycles. The molecule has 2 heterocycles. The van der Waals surface area contributed by atoms with Crippen LogP contribution < -0.4 is 5.32 Å². The van der Waals surface area contributed by atoms with E-state index in [1.54, 1.807) is 28.7 Å². The maximum atomic E-state index is 12.2. The average Bonchev–Trinajstić information content (AvgIpc) is 3.25. The van der Waals surface area contributed by atoms with Crippen LogP contribution >= 0.6 is 22.7 Å². The minimum Gasteiger partial charge on any atom is -0.341 e. The van der Waals surface area contributed by atoms with Crippen molar-refractivity contribution in [3.05, 3.63) is 86.8 Å². The van der Waals surface area contributed by atoms with Gasteiger partial charge in [-0.15, -0.1) is 11.3 Å². The summed E-state index contributed by atoms with van der Waals surface area (Å²) in [4.78, 5) is 13.4. The second-order valence-electron chi connectivity index (χ2n) is 4.76. The van der Waals surface area contributed by atoms with Gasteiger partial charge in [0, 0.05) is 11.0 Å². The van der Waals surface area contributed by atoms with E-state index in [1.165, 1.54) is 0 Å². The summed E-state index contributed by atoms with van der Waals surface area (Å²) in [5.74, 6) is -0.0894. The van der Waals surface area contributed by atoms with Gasteiger partial charge in [-0.05, 0) is 45.5 Å². The lowest BCUT2D eigenvalue weighted by molar-refractivity contribution is -0.116. The molecule has 0 bridgehead atoms. The fraction of sp³-hybridized carbons (Fsp3) is 0.0556. The zero-order valence-electron chi connectivity index (χ0n) is 11.8. The van der Waals surface area contributed by atoms with E-state index in [0.717, 1.165) is 16.0 Å². The Morgan fingerprint density at radius 3 is 2.59 bits per heavy atom. The first kappa shape index (κ1) is 14.8. The summed E-state index contributed by atoms with van der Waals surface area (Å²) in [6.45, 7) is 0. The molecule has 2 nitrogen and oxygen atoms in total. The summed E-state index contributed by atoms with van der Waals surface area (Å²) in [5.41, 5.74) is 2.13. The summed E-state index contributed by atoms with van der Waals surface area (Å²) in [6.07, 6.45) is 3.42. The summed E-state index contributed by atoms with van der Waals surface area (Å²) in [7, 11) is 0. The van der Waals surface area contributed by atoms with Crippen LogP contribution in [0.2, 0.25) is 0 Å². The van der Waals surface area contributed by atoms with Crippen molar-refractivity contribution in [1.82, 2.24) is 5.32 Å². The van der Waals surface area contributed by atoms with Crippen molar-refractivity contribution in [1.29, 1.82) is 0 Å². The highest BCUT2D eigenvalue weighted by Gasteiger charge is 2.16. The number of nitrogens with one attached hydrogen (secondary N) is 1. The number of hydrogen-bond donors (Lipinski definition) is 1. The van der Waals surface area contributed by atoms with Gasteiger partial charge >= 0.3 is 0 Å². The van der Waals surface area contributed by atoms with Gasteiger partial charge in [-0.3, -0.25) is 4.79 Å². The molecule has 1 aromatic carbocycles. The summed E-state index contributed by atoms with van der Waals surface area (Å²) in [6, 6.07) is 16.0. The van der Waals surface area contributed by atoms with Crippen molar-refractivity contribution in [3.8, 4) is 0 Å². The van der Waals surface area contributed by atoms with Crippen LogP contribution in [0.15, 0.2) is 70.7 Å². The Hall–Kier alpha value is -2.17. The van der Waals surface area contributed by atoms with Gasteiger partial charge in [0.15, 0.2) is 0 Å². The zero-order chi connectivity index (χ0) is 15.2. The highest BCUT2D eigenvalue weighted by molar-refractivity contribution is 7.10. The van der Waals surface area contributed by atoms with Gasteiger partial charge in [-0.1, -0.05) is 36.4 Å². The lowest BCUT2D eigenvalue weighted by Crippen LogP contribution is -2.27. The molecular weight excluding hydrogens is 310 g/mol. The summed E-state index contributed by atoms with van der Waals surface area (Å²) in [5, 5.41) is 9.12. The van der Waals surface area contributed by atoms with Gasteiger partial charge in [-0.2, -0.15) is 11.3 Å². The van der Waals surface area contributed by atoms with Crippen LogP contribution in [-0.4, -0.2) is 5.91 Å². The minimum absolute atomic E-state index is 0.0894. The van der Waals surface area contributed by atoms with Gasteiger partial charge in [-0.25, -0.2) is 0 Å². The van der Waals surface area contributed by atoms with Crippen molar-refractivity contribution in [2.24, 2.45) is 0 Å². The zero-order valence-corrected chi connectivity index (χ0v) is 13.4. The molecule has 0 aliphatic rings. The number of carbonyl (C=O) groups excluding carboxylic acids is 1. The number of amides is 1. The molecule has 2 aromatic heterocycles. The van der Waals surface area contributed by atoms with E-state index in [9.17, 15) is 4.79 Å². The highest BCUT2D eigenvalue weighted by atomic mass is 32.1. The first-order valence-electron chi connectivity index (χ1n) is 6.92. The molecule has 0 radical (unpaired) electrons. The van der Waals surface area contributed by atoms with E-state index in [2.05, 4.69) is 5.32 Å². The maximum Gasteiger partial charge on any atom is 0.244 e. The van der Waals surface area contributed by atoms with Crippen molar-refractivity contribution in [2.75, 3.05) is 0 Å². The minimum atomic E-state index is -0.110. The van der Waals surface area contributed by atoms with Gasteiger partial charge in [0.2, 0.25) is 5.91 Å². The third kappa shape index (κ3) is 3.72. The fourth-order valence-electron chi connectivity index (χ4n) is 2.15. The normalized spacial score (nSPS) is 12.4. The van der Waals surface area contributed by atoms with Gasteiger partial charge in [0.05, 0.1) is 6.04 Å². The van der Waals surface area contributed by atoms with Gasteiger partial charge in [0.1, 0.15) is 0 Å². The largest absolute Gasteiger partial charge is 0.341 e. The van der Waals surface area contributed by atoms with Gasteiger partial charge in [0.25, 0.3) is 0 Å². The first-order chi connectivity index (χ1) is 10.8. The van der Waals surface area contributed by atoms with Crippen LogP contribution in [0.5, 0.6) is 0 Å². The Balaban J connectivity index is 1.77. The molecule has 0 fully saturated rings. The lowest BCUT2D eigenvalue weighted by Gasteiger charge is -2.17. The first-order valence-corrected chi connectivity index (χ1v) is 8.74. The number of thiophene rings is 2. The van der Waals surface area contributed by atoms with Crippen molar-refractivity contribution in [3.63, 3.8) is 0 Å². The lowest BCUT2D eigenvalue weighted by atomic mass is 10.1. The molecule has 3 aromatic rings. The maximum absolute atomic E-state index is 12.2. The molecule has 1 N–H and O–H groups in total. The Kier molecular flexibility index (Phi) is 4.83. The molecule has 110 valence electrons. The third-order valence-corrected chi connectivity index (χ3v) is 4.86. The molecule has 1 atom stereocenters. The highest BCUT2D eigenvalue weighted by Crippen LogP contribution is 2.25. The third-order valence-electron chi connectivity index (χ3n) is 3.22. The quantitative estimate of drug-likeness (QED) is 0.675. The number of hydrogen-bond acceptors (Lipinski definition) is 3. The van der Waals surface area contributed by atoms with E-state index in [-0.39, 0.29) is 11.9 Å². The fourth-order valence-corrected chi connectivity index (χ4v) is 3.58. The van der Waals surface area contributed by atoms with Gasteiger partial charge < -0.3 is 5.32 Å². The molecule has 22 heavy (non-hydrogen) atoms. The number of carbonyl (C=O) groups is 1. The Morgan fingerprint density at radius 2 is 1.91 bits per heavy atom. The number of benzene rings is 1. The van der Waals surface area contributed by atoms with Crippen molar-refractivity contribution in [2.45, 2.75) is 6.04 Å². The second-order valence-corrected chi connectivity index (χ2v) is 6.52.